The quantitative estimate of drug-likeness (QED) is 0.771. The molecular formula is C16H13ClO2. The number of aryl methyl sites for hydroxylation is 1. The molecule has 2 aromatic rings. The van der Waals surface area contributed by atoms with Crippen LogP contribution < -0.4 is 4.74 Å². The van der Waals surface area contributed by atoms with Crippen molar-refractivity contribution in [1.29, 1.82) is 0 Å². The molecular weight excluding hydrogens is 260 g/mol. The Balaban J connectivity index is 1.95. The number of hydrogen-bond acceptors (Lipinski definition) is 2. The molecule has 3 rings (SSSR count). The van der Waals surface area contributed by atoms with E-state index in [9.17, 15) is 4.79 Å². The van der Waals surface area contributed by atoms with Gasteiger partial charge in [-0.25, -0.2) is 0 Å². The number of carbonyl (C=O) groups is 1. The van der Waals surface area contributed by atoms with Crippen LogP contribution in [0, 0.1) is 6.92 Å². The molecule has 0 fully saturated rings. The zero-order chi connectivity index (χ0) is 13.4. The van der Waals surface area contributed by atoms with Crippen molar-refractivity contribution in [2.45, 2.75) is 19.4 Å². The van der Waals surface area contributed by atoms with E-state index in [0.29, 0.717) is 22.8 Å². The number of halogens is 1. The average molecular weight is 273 g/mol. The zero-order valence-electron chi connectivity index (χ0n) is 10.5. The Hall–Kier alpha value is -1.80. The fraction of sp³-hybridized carbons (Fsp3) is 0.188. The second-order valence-corrected chi connectivity index (χ2v) is 5.22. The van der Waals surface area contributed by atoms with Crippen molar-refractivity contribution >= 4 is 17.4 Å². The van der Waals surface area contributed by atoms with Gasteiger partial charge in [0.25, 0.3) is 0 Å². The minimum atomic E-state index is -0.207. The van der Waals surface area contributed by atoms with Crippen LogP contribution in [0.15, 0.2) is 42.5 Å². The van der Waals surface area contributed by atoms with Crippen molar-refractivity contribution in [3.05, 3.63) is 64.2 Å². The van der Waals surface area contributed by atoms with Crippen LogP contribution in [-0.2, 0) is 0 Å². The van der Waals surface area contributed by atoms with Crippen molar-refractivity contribution in [3.8, 4) is 5.75 Å². The molecule has 0 aromatic heterocycles. The second-order valence-electron chi connectivity index (χ2n) is 4.78. The average Bonchev–Trinajstić information content (AvgIpc) is 2.40. The molecule has 2 nitrogen and oxygen atoms in total. The van der Waals surface area contributed by atoms with E-state index in [-0.39, 0.29) is 11.9 Å². The fourth-order valence-corrected chi connectivity index (χ4v) is 2.44. The fourth-order valence-electron chi connectivity index (χ4n) is 2.26. The van der Waals surface area contributed by atoms with Gasteiger partial charge < -0.3 is 4.74 Å². The molecule has 0 radical (unpaired) electrons. The Morgan fingerprint density at radius 1 is 1.16 bits per heavy atom. The Morgan fingerprint density at radius 2 is 1.89 bits per heavy atom. The standard InChI is InChI=1S/C16H13ClO2/c1-10-2-4-11(5-3-10)16-9-14(18)13-8-12(17)6-7-15(13)19-16/h2-8,16H,9H2,1H3/t16-/m0/s1. The lowest BCUT2D eigenvalue weighted by Crippen LogP contribution is -2.20. The number of Topliss-reactive ketones (excluding diaryl/α,β-unsaturated/α-hetero) is 1. The zero-order valence-corrected chi connectivity index (χ0v) is 11.3. The van der Waals surface area contributed by atoms with E-state index in [4.69, 9.17) is 16.3 Å². The number of benzene rings is 2. The molecule has 0 bridgehead atoms. The maximum Gasteiger partial charge on any atom is 0.170 e. The number of hydrogen-bond donors (Lipinski definition) is 0. The third-order valence-electron chi connectivity index (χ3n) is 3.33. The SMILES string of the molecule is Cc1ccc([C@@H]2CC(=O)c3cc(Cl)ccc3O2)cc1. The second kappa shape index (κ2) is 4.71. The molecule has 0 spiro atoms. The van der Waals surface area contributed by atoms with Crippen molar-refractivity contribution in [3.63, 3.8) is 0 Å². The van der Waals surface area contributed by atoms with Gasteiger partial charge in [-0.1, -0.05) is 41.4 Å². The molecule has 0 amide bonds. The van der Waals surface area contributed by atoms with E-state index in [1.807, 2.05) is 31.2 Å². The monoisotopic (exact) mass is 272 g/mol. The molecule has 1 atom stereocenters. The molecule has 0 aliphatic carbocycles. The van der Waals surface area contributed by atoms with Gasteiger partial charge in [0.15, 0.2) is 5.78 Å². The number of ether oxygens (including phenoxy) is 1. The van der Waals surface area contributed by atoms with Crippen molar-refractivity contribution < 1.29 is 9.53 Å². The summed E-state index contributed by atoms with van der Waals surface area (Å²) in [6.07, 6.45) is 0.151. The van der Waals surface area contributed by atoms with Crippen LogP contribution in [0.4, 0.5) is 0 Å². The van der Waals surface area contributed by atoms with Crippen LogP contribution in [0.3, 0.4) is 0 Å². The predicted molar refractivity (Wildman–Crippen MR) is 74.9 cm³/mol. The summed E-state index contributed by atoms with van der Waals surface area (Å²) in [6.45, 7) is 2.04. The van der Waals surface area contributed by atoms with Gasteiger partial charge in [0.2, 0.25) is 0 Å². The molecule has 1 aliphatic rings. The first-order valence-corrected chi connectivity index (χ1v) is 6.57. The van der Waals surface area contributed by atoms with Crippen LogP contribution in [0.2, 0.25) is 5.02 Å². The summed E-state index contributed by atoms with van der Waals surface area (Å²) in [4.78, 5) is 12.1. The lowest BCUT2D eigenvalue weighted by Gasteiger charge is -2.25. The van der Waals surface area contributed by atoms with Gasteiger partial charge in [-0.15, -0.1) is 0 Å². The largest absolute Gasteiger partial charge is 0.484 e. The van der Waals surface area contributed by atoms with Crippen LogP contribution in [0.1, 0.15) is 34.0 Å². The Labute approximate surface area is 117 Å². The summed E-state index contributed by atoms with van der Waals surface area (Å²) in [5.74, 6) is 0.695. The smallest absolute Gasteiger partial charge is 0.170 e. The molecule has 0 saturated heterocycles. The van der Waals surface area contributed by atoms with E-state index in [1.54, 1.807) is 18.2 Å². The number of carbonyl (C=O) groups excluding carboxylic acids is 1. The van der Waals surface area contributed by atoms with Gasteiger partial charge in [-0.05, 0) is 30.7 Å². The van der Waals surface area contributed by atoms with Gasteiger partial charge in [0, 0.05) is 5.02 Å². The summed E-state index contributed by atoms with van der Waals surface area (Å²) in [7, 11) is 0. The molecule has 2 aromatic carbocycles. The Bertz CT molecular complexity index is 632. The van der Waals surface area contributed by atoms with Crippen LogP contribution in [0.5, 0.6) is 5.75 Å². The summed E-state index contributed by atoms with van der Waals surface area (Å²) >= 11 is 5.90. The van der Waals surface area contributed by atoms with E-state index in [1.165, 1.54) is 5.56 Å². The van der Waals surface area contributed by atoms with Crippen LogP contribution in [-0.4, -0.2) is 5.78 Å². The van der Waals surface area contributed by atoms with E-state index >= 15 is 0 Å². The van der Waals surface area contributed by atoms with Crippen molar-refractivity contribution in [2.24, 2.45) is 0 Å². The molecule has 0 saturated carbocycles. The molecule has 1 heterocycles. The molecule has 96 valence electrons. The minimum Gasteiger partial charge on any atom is -0.484 e. The molecule has 0 unspecified atom stereocenters. The molecule has 1 aliphatic heterocycles. The third kappa shape index (κ3) is 2.36. The number of ketones is 1. The third-order valence-corrected chi connectivity index (χ3v) is 3.57. The molecule has 3 heteroatoms. The van der Waals surface area contributed by atoms with Crippen LogP contribution >= 0.6 is 11.6 Å². The van der Waals surface area contributed by atoms with Gasteiger partial charge in [0.05, 0.1) is 12.0 Å². The topological polar surface area (TPSA) is 26.3 Å². The summed E-state index contributed by atoms with van der Waals surface area (Å²) in [6, 6.07) is 13.2. The number of fused-ring (bicyclic) bond motifs is 1. The van der Waals surface area contributed by atoms with Crippen molar-refractivity contribution in [2.75, 3.05) is 0 Å². The predicted octanol–water partition coefficient (Wildman–Crippen LogP) is 4.35. The number of rotatable bonds is 1. The normalized spacial score (nSPS) is 17.8. The minimum absolute atomic E-state index is 0.0781. The van der Waals surface area contributed by atoms with Gasteiger partial charge in [0.1, 0.15) is 11.9 Å². The van der Waals surface area contributed by atoms with Gasteiger partial charge in [-0.3, -0.25) is 4.79 Å². The maximum absolute atomic E-state index is 12.1. The van der Waals surface area contributed by atoms with Gasteiger partial charge >= 0.3 is 0 Å². The van der Waals surface area contributed by atoms with E-state index in [0.717, 1.165) is 5.56 Å². The van der Waals surface area contributed by atoms with Crippen LogP contribution in [0.25, 0.3) is 0 Å². The highest BCUT2D eigenvalue weighted by atomic mass is 35.5. The maximum atomic E-state index is 12.1. The summed E-state index contributed by atoms with van der Waals surface area (Å²) < 4.78 is 5.90. The lowest BCUT2D eigenvalue weighted by molar-refractivity contribution is 0.0850. The Morgan fingerprint density at radius 3 is 2.63 bits per heavy atom. The van der Waals surface area contributed by atoms with E-state index < -0.39 is 0 Å². The highest BCUT2D eigenvalue weighted by Crippen LogP contribution is 2.36. The summed E-state index contributed by atoms with van der Waals surface area (Å²) in [5.41, 5.74) is 2.80. The first-order chi connectivity index (χ1) is 9.13. The highest BCUT2D eigenvalue weighted by Gasteiger charge is 2.27. The highest BCUT2D eigenvalue weighted by molar-refractivity contribution is 6.31. The van der Waals surface area contributed by atoms with E-state index in [2.05, 4.69) is 0 Å². The van der Waals surface area contributed by atoms with Gasteiger partial charge in [-0.2, -0.15) is 0 Å². The summed E-state index contributed by atoms with van der Waals surface area (Å²) in [5, 5.41) is 0.560. The lowest BCUT2D eigenvalue weighted by atomic mass is 9.96. The first-order valence-electron chi connectivity index (χ1n) is 6.19. The van der Waals surface area contributed by atoms with Crippen molar-refractivity contribution in [1.82, 2.24) is 0 Å². The molecule has 19 heavy (non-hydrogen) atoms. The molecule has 0 N–H and O–H groups in total. The first kappa shape index (κ1) is 12.2. The Kier molecular flexibility index (Phi) is 3.03.